The van der Waals surface area contributed by atoms with Crippen LogP contribution in [0.4, 0.5) is 0 Å². The molecule has 2 aromatic heterocycles. The van der Waals surface area contributed by atoms with Gasteiger partial charge in [0.25, 0.3) is 0 Å². The molecule has 0 amide bonds. The van der Waals surface area contributed by atoms with Crippen LogP contribution in [0, 0.1) is 6.92 Å². The number of para-hydroxylation sites is 1. The SMILES string of the molecule is Cc1nc(-c2ccc(-c3ccc(CN(C)Cc4cccc5cccnc45)cc3)cc2)no1. The second kappa shape index (κ2) is 8.73. The normalized spacial score (nSPS) is 11.3. The van der Waals surface area contributed by atoms with Crippen LogP contribution in [0.2, 0.25) is 0 Å². The van der Waals surface area contributed by atoms with Gasteiger partial charge in [0.05, 0.1) is 5.52 Å². The predicted octanol–water partition coefficient (Wildman–Crippen LogP) is 5.89. The fourth-order valence-corrected chi connectivity index (χ4v) is 3.98. The van der Waals surface area contributed by atoms with E-state index in [1.165, 1.54) is 22.1 Å². The average molecular weight is 421 g/mol. The second-order valence-corrected chi connectivity index (χ2v) is 8.08. The lowest BCUT2D eigenvalue weighted by atomic mass is 10.0. The third-order valence-electron chi connectivity index (χ3n) is 5.57. The van der Waals surface area contributed by atoms with Crippen molar-refractivity contribution in [2.45, 2.75) is 20.0 Å². The Morgan fingerprint density at radius 2 is 1.47 bits per heavy atom. The number of pyridine rings is 1. The molecular weight excluding hydrogens is 396 g/mol. The Balaban J connectivity index is 1.26. The van der Waals surface area contributed by atoms with Crippen LogP contribution in [0.1, 0.15) is 17.0 Å². The van der Waals surface area contributed by atoms with E-state index in [0.29, 0.717) is 11.7 Å². The van der Waals surface area contributed by atoms with Crippen molar-refractivity contribution in [3.63, 3.8) is 0 Å². The minimum Gasteiger partial charge on any atom is -0.339 e. The molecule has 0 aliphatic rings. The van der Waals surface area contributed by atoms with Gasteiger partial charge in [-0.05, 0) is 35.4 Å². The number of rotatable bonds is 6. The van der Waals surface area contributed by atoms with Crippen LogP contribution < -0.4 is 0 Å². The molecule has 5 aromatic rings. The highest BCUT2D eigenvalue weighted by Gasteiger charge is 2.08. The summed E-state index contributed by atoms with van der Waals surface area (Å²) in [6.07, 6.45) is 1.86. The largest absolute Gasteiger partial charge is 0.339 e. The summed E-state index contributed by atoms with van der Waals surface area (Å²) in [4.78, 5) is 11.2. The Bertz CT molecular complexity index is 1340. The molecule has 5 nitrogen and oxygen atoms in total. The van der Waals surface area contributed by atoms with Gasteiger partial charge in [-0.2, -0.15) is 4.98 Å². The van der Waals surface area contributed by atoms with Crippen molar-refractivity contribution in [2.24, 2.45) is 0 Å². The van der Waals surface area contributed by atoms with Crippen molar-refractivity contribution in [1.82, 2.24) is 20.0 Å². The maximum Gasteiger partial charge on any atom is 0.223 e. The van der Waals surface area contributed by atoms with E-state index in [1.807, 2.05) is 24.4 Å². The van der Waals surface area contributed by atoms with Gasteiger partial charge >= 0.3 is 0 Å². The van der Waals surface area contributed by atoms with Gasteiger partial charge in [-0.1, -0.05) is 78.0 Å². The Kier molecular flexibility index (Phi) is 5.48. The van der Waals surface area contributed by atoms with E-state index in [-0.39, 0.29) is 0 Å². The number of benzene rings is 3. The molecule has 0 saturated carbocycles. The fourth-order valence-electron chi connectivity index (χ4n) is 3.98. The molecule has 0 fully saturated rings. The van der Waals surface area contributed by atoms with E-state index in [4.69, 9.17) is 4.52 Å². The van der Waals surface area contributed by atoms with Gasteiger partial charge in [-0.25, -0.2) is 0 Å². The van der Waals surface area contributed by atoms with Crippen LogP contribution in [-0.2, 0) is 13.1 Å². The van der Waals surface area contributed by atoms with E-state index in [0.717, 1.165) is 29.7 Å². The molecule has 0 spiro atoms. The monoisotopic (exact) mass is 420 g/mol. The average Bonchev–Trinajstić information content (AvgIpc) is 3.26. The Morgan fingerprint density at radius 3 is 2.19 bits per heavy atom. The topological polar surface area (TPSA) is 55.1 Å². The number of hydrogen-bond acceptors (Lipinski definition) is 5. The zero-order chi connectivity index (χ0) is 21.9. The molecule has 5 rings (SSSR count). The quantitative estimate of drug-likeness (QED) is 0.343. The summed E-state index contributed by atoms with van der Waals surface area (Å²) in [6, 6.07) is 27.5. The van der Waals surface area contributed by atoms with E-state index < -0.39 is 0 Å². The zero-order valence-electron chi connectivity index (χ0n) is 18.2. The molecular formula is C27H24N4O. The first-order valence-electron chi connectivity index (χ1n) is 10.7. The van der Waals surface area contributed by atoms with Gasteiger partial charge in [-0.15, -0.1) is 0 Å². The molecule has 0 atom stereocenters. The van der Waals surface area contributed by atoms with Crippen LogP contribution in [0.5, 0.6) is 0 Å². The van der Waals surface area contributed by atoms with Crippen LogP contribution in [0.3, 0.4) is 0 Å². The fraction of sp³-hybridized carbons (Fsp3) is 0.148. The van der Waals surface area contributed by atoms with Crippen molar-refractivity contribution in [1.29, 1.82) is 0 Å². The summed E-state index contributed by atoms with van der Waals surface area (Å²) in [5.41, 5.74) is 6.91. The first kappa shape index (κ1) is 20.1. The molecule has 0 unspecified atom stereocenters. The molecule has 0 aliphatic carbocycles. The Labute approximate surface area is 187 Å². The highest BCUT2D eigenvalue weighted by atomic mass is 16.5. The minimum absolute atomic E-state index is 0.571. The highest BCUT2D eigenvalue weighted by molar-refractivity contribution is 5.81. The van der Waals surface area contributed by atoms with E-state index in [2.05, 4.69) is 87.7 Å². The summed E-state index contributed by atoms with van der Waals surface area (Å²) in [5, 5.41) is 5.16. The first-order chi connectivity index (χ1) is 15.7. The third-order valence-corrected chi connectivity index (χ3v) is 5.57. The molecule has 158 valence electrons. The summed E-state index contributed by atoms with van der Waals surface area (Å²) in [5.74, 6) is 1.19. The third kappa shape index (κ3) is 4.29. The Morgan fingerprint density at radius 1 is 0.781 bits per heavy atom. The molecule has 0 saturated heterocycles. The molecule has 0 bridgehead atoms. The first-order valence-corrected chi connectivity index (χ1v) is 10.7. The van der Waals surface area contributed by atoms with Crippen molar-refractivity contribution in [3.05, 3.63) is 102 Å². The highest BCUT2D eigenvalue weighted by Crippen LogP contribution is 2.24. The van der Waals surface area contributed by atoms with Crippen molar-refractivity contribution in [2.75, 3.05) is 7.05 Å². The van der Waals surface area contributed by atoms with Gasteiger partial charge in [-0.3, -0.25) is 9.88 Å². The zero-order valence-corrected chi connectivity index (χ0v) is 18.2. The number of aromatic nitrogens is 3. The molecule has 32 heavy (non-hydrogen) atoms. The van der Waals surface area contributed by atoms with Gasteiger partial charge in [0, 0.05) is 37.2 Å². The second-order valence-electron chi connectivity index (χ2n) is 8.08. The summed E-state index contributed by atoms with van der Waals surface area (Å²) in [7, 11) is 2.15. The number of fused-ring (bicyclic) bond motifs is 1. The number of hydrogen-bond donors (Lipinski definition) is 0. The summed E-state index contributed by atoms with van der Waals surface area (Å²) < 4.78 is 5.07. The van der Waals surface area contributed by atoms with Crippen LogP contribution in [0.15, 0.2) is 89.6 Å². The molecule has 0 radical (unpaired) electrons. The smallest absolute Gasteiger partial charge is 0.223 e. The van der Waals surface area contributed by atoms with Crippen LogP contribution in [0.25, 0.3) is 33.4 Å². The van der Waals surface area contributed by atoms with Crippen molar-refractivity contribution >= 4 is 10.9 Å². The standard InChI is InChI=1S/C27H24N4O/c1-19-29-27(30-32-19)24-14-12-22(13-15-24)21-10-8-20(9-11-21)17-31(2)18-25-6-3-5-23-7-4-16-28-26(23)25/h3-16H,17-18H2,1-2H3. The van der Waals surface area contributed by atoms with Crippen LogP contribution >= 0.6 is 0 Å². The lowest BCUT2D eigenvalue weighted by molar-refractivity contribution is 0.320. The lowest BCUT2D eigenvalue weighted by Crippen LogP contribution is -2.17. The van der Waals surface area contributed by atoms with Gasteiger partial charge < -0.3 is 4.52 Å². The molecule has 5 heteroatoms. The molecule has 2 heterocycles. The lowest BCUT2D eigenvalue weighted by Gasteiger charge is -2.18. The molecule has 3 aromatic carbocycles. The number of aryl methyl sites for hydroxylation is 1. The van der Waals surface area contributed by atoms with E-state index in [9.17, 15) is 0 Å². The predicted molar refractivity (Wildman–Crippen MR) is 127 cm³/mol. The van der Waals surface area contributed by atoms with E-state index in [1.54, 1.807) is 6.92 Å². The molecule has 0 aliphatic heterocycles. The number of nitrogens with zero attached hydrogens (tertiary/aromatic N) is 4. The van der Waals surface area contributed by atoms with E-state index >= 15 is 0 Å². The minimum atomic E-state index is 0.571. The summed E-state index contributed by atoms with van der Waals surface area (Å²) in [6.45, 7) is 3.52. The maximum absolute atomic E-state index is 5.07. The van der Waals surface area contributed by atoms with Gasteiger partial charge in [0.2, 0.25) is 11.7 Å². The van der Waals surface area contributed by atoms with Gasteiger partial charge in [0.15, 0.2) is 0 Å². The Hall–Kier alpha value is -3.83. The molecule has 0 N–H and O–H groups in total. The van der Waals surface area contributed by atoms with Crippen molar-refractivity contribution in [3.8, 4) is 22.5 Å². The van der Waals surface area contributed by atoms with Crippen LogP contribution in [-0.4, -0.2) is 27.1 Å². The van der Waals surface area contributed by atoms with Gasteiger partial charge in [0.1, 0.15) is 0 Å². The van der Waals surface area contributed by atoms with Crippen molar-refractivity contribution < 1.29 is 4.52 Å². The maximum atomic E-state index is 5.07. The summed E-state index contributed by atoms with van der Waals surface area (Å²) >= 11 is 0.